The molecule has 0 aromatic heterocycles. The molecule has 1 aromatic rings. The van der Waals surface area contributed by atoms with Crippen molar-refractivity contribution in [2.24, 2.45) is 11.1 Å². The predicted octanol–water partition coefficient (Wildman–Crippen LogP) is 2.88. The molecule has 0 amide bonds. The summed E-state index contributed by atoms with van der Waals surface area (Å²) >= 11 is 0. The summed E-state index contributed by atoms with van der Waals surface area (Å²) in [6.07, 6.45) is 0. The molecular formula is C12H18FNO. The van der Waals surface area contributed by atoms with Crippen LogP contribution in [0.3, 0.4) is 0 Å². The van der Waals surface area contributed by atoms with Crippen LogP contribution >= 0.6 is 0 Å². The van der Waals surface area contributed by atoms with Gasteiger partial charge in [0.05, 0.1) is 7.11 Å². The van der Waals surface area contributed by atoms with Gasteiger partial charge in [-0.15, -0.1) is 0 Å². The lowest BCUT2D eigenvalue weighted by Gasteiger charge is -2.28. The Labute approximate surface area is 90.2 Å². The molecule has 0 aliphatic rings. The highest BCUT2D eigenvalue weighted by atomic mass is 19.1. The van der Waals surface area contributed by atoms with Gasteiger partial charge in [0.2, 0.25) is 0 Å². The normalized spacial score (nSPS) is 13.7. The third-order valence-electron chi connectivity index (χ3n) is 2.46. The standard InChI is InChI=1S/C12H18FNO/c1-12(2,3)11(14)9-6-5-8(13)7-10(9)15-4/h5-7,11H,14H2,1-4H3/t11-/m1/s1. The van der Waals surface area contributed by atoms with Crippen LogP contribution in [0.2, 0.25) is 0 Å². The van der Waals surface area contributed by atoms with Crippen molar-refractivity contribution < 1.29 is 9.13 Å². The number of rotatable bonds is 2. The largest absolute Gasteiger partial charge is 0.496 e. The van der Waals surface area contributed by atoms with Gasteiger partial charge in [-0.25, -0.2) is 4.39 Å². The first-order valence-corrected chi connectivity index (χ1v) is 4.95. The van der Waals surface area contributed by atoms with E-state index in [1.165, 1.54) is 19.2 Å². The second-order valence-corrected chi connectivity index (χ2v) is 4.73. The Morgan fingerprint density at radius 3 is 2.40 bits per heavy atom. The molecule has 0 radical (unpaired) electrons. The highest BCUT2D eigenvalue weighted by Gasteiger charge is 2.25. The first kappa shape index (κ1) is 12.0. The fourth-order valence-corrected chi connectivity index (χ4v) is 1.41. The third-order valence-corrected chi connectivity index (χ3v) is 2.46. The highest BCUT2D eigenvalue weighted by Crippen LogP contribution is 2.35. The number of nitrogens with two attached hydrogens (primary N) is 1. The van der Waals surface area contributed by atoms with Crippen LogP contribution in [0.1, 0.15) is 32.4 Å². The third kappa shape index (κ3) is 2.69. The van der Waals surface area contributed by atoms with E-state index >= 15 is 0 Å². The SMILES string of the molecule is COc1cc(F)ccc1[C@@H](N)C(C)(C)C. The summed E-state index contributed by atoms with van der Waals surface area (Å²) < 4.78 is 18.1. The van der Waals surface area contributed by atoms with Crippen LogP contribution in [0.4, 0.5) is 4.39 Å². The lowest BCUT2D eigenvalue weighted by Crippen LogP contribution is -2.26. The van der Waals surface area contributed by atoms with Crippen molar-refractivity contribution in [1.82, 2.24) is 0 Å². The van der Waals surface area contributed by atoms with Gasteiger partial charge in [-0.3, -0.25) is 0 Å². The van der Waals surface area contributed by atoms with Crippen LogP contribution in [-0.2, 0) is 0 Å². The molecule has 0 saturated heterocycles. The number of methoxy groups -OCH3 is 1. The Morgan fingerprint density at radius 2 is 1.93 bits per heavy atom. The maximum absolute atomic E-state index is 13.0. The molecule has 15 heavy (non-hydrogen) atoms. The summed E-state index contributed by atoms with van der Waals surface area (Å²) in [6.45, 7) is 6.13. The molecule has 0 aliphatic carbocycles. The van der Waals surface area contributed by atoms with Crippen molar-refractivity contribution in [3.05, 3.63) is 29.6 Å². The van der Waals surface area contributed by atoms with Gasteiger partial charge in [-0.05, 0) is 11.5 Å². The molecule has 0 bridgehead atoms. The van der Waals surface area contributed by atoms with Crippen molar-refractivity contribution in [3.8, 4) is 5.75 Å². The monoisotopic (exact) mass is 211 g/mol. The van der Waals surface area contributed by atoms with E-state index < -0.39 is 0 Å². The van der Waals surface area contributed by atoms with Gasteiger partial charge < -0.3 is 10.5 Å². The zero-order chi connectivity index (χ0) is 11.6. The first-order chi connectivity index (χ1) is 6.86. The Hall–Kier alpha value is -1.09. The summed E-state index contributed by atoms with van der Waals surface area (Å²) in [4.78, 5) is 0. The van der Waals surface area contributed by atoms with Crippen LogP contribution in [0, 0.1) is 11.2 Å². The van der Waals surface area contributed by atoms with Gasteiger partial charge in [-0.1, -0.05) is 26.8 Å². The van der Waals surface area contributed by atoms with E-state index in [9.17, 15) is 4.39 Å². The van der Waals surface area contributed by atoms with Crippen molar-refractivity contribution in [2.75, 3.05) is 7.11 Å². The zero-order valence-electron chi connectivity index (χ0n) is 9.67. The highest BCUT2D eigenvalue weighted by molar-refractivity contribution is 5.37. The van der Waals surface area contributed by atoms with Crippen molar-refractivity contribution in [3.63, 3.8) is 0 Å². The van der Waals surface area contributed by atoms with E-state index in [0.717, 1.165) is 5.56 Å². The topological polar surface area (TPSA) is 35.2 Å². The lowest BCUT2D eigenvalue weighted by molar-refractivity contribution is 0.313. The molecule has 84 valence electrons. The number of ether oxygens (including phenoxy) is 1. The number of hydrogen-bond acceptors (Lipinski definition) is 2. The van der Waals surface area contributed by atoms with E-state index in [2.05, 4.69) is 0 Å². The second-order valence-electron chi connectivity index (χ2n) is 4.73. The quantitative estimate of drug-likeness (QED) is 0.816. The van der Waals surface area contributed by atoms with Crippen LogP contribution in [0.5, 0.6) is 5.75 Å². The van der Waals surface area contributed by atoms with Crippen molar-refractivity contribution in [1.29, 1.82) is 0 Å². The molecule has 0 spiro atoms. The van der Waals surface area contributed by atoms with Gasteiger partial charge in [0.1, 0.15) is 11.6 Å². The molecule has 1 rings (SSSR count). The molecule has 0 aliphatic heterocycles. The van der Waals surface area contributed by atoms with Gasteiger partial charge in [0.15, 0.2) is 0 Å². The molecule has 0 heterocycles. The van der Waals surface area contributed by atoms with Gasteiger partial charge >= 0.3 is 0 Å². The Morgan fingerprint density at radius 1 is 1.33 bits per heavy atom. The van der Waals surface area contributed by atoms with E-state index in [1.807, 2.05) is 20.8 Å². The number of halogens is 1. The molecule has 0 fully saturated rings. The summed E-state index contributed by atoms with van der Waals surface area (Å²) in [5, 5.41) is 0. The number of hydrogen-bond donors (Lipinski definition) is 1. The predicted molar refractivity (Wildman–Crippen MR) is 59.3 cm³/mol. The minimum Gasteiger partial charge on any atom is -0.496 e. The Bertz CT molecular complexity index is 344. The van der Waals surface area contributed by atoms with Crippen LogP contribution < -0.4 is 10.5 Å². The summed E-state index contributed by atoms with van der Waals surface area (Å²) in [6, 6.07) is 4.28. The summed E-state index contributed by atoms with van der Waals surface area (Å²) in [5.74, 6) is 0.203. The van der Waals surface area contributed by atoms with Crippen LogP contribution in [0.25, 0.3) is 0 Å². The average molecular weight is 211 g/mol. The second kappa shape index (κ2) is 4.19. The minimum absolute atomic E-state index is 0.0783. The minimum atomic E-state index is -0.309. The summed E-state index contributed by atoms with van der Waals surface area (Å²) in [7, 11) is 1.52. The van der Waals surface area contributed by atoms with Gasteiger partial charge in [-0.2, -0.15) is 0 Å². The lowest BCUT2D eigenvalue weighted by atomic mass is 9.83. The number of benzene rings is 1. The van der Waals surface area contributed by atoms with E-state index in [-0.39, 0.29) is 17.3 Å². The fourth-order valence-electron chi connectivity index (χ4n) is 1.41. The van der Waals surface area contributed by atoms with Gasteiger partial charge in [0, 0.05) is 17.7 Å². The molecule has 3 heteroatoms. The maximum atomic E-state index is 13.0. The smallest absolute Gasteiger partial charge is 0.126 e. The van der Waals surface area contributed by atoms with Crippen LogP contribution in [-0.4, -0.2) is 7.11 Å². The molecule has 2 nitrogen and oxygen atoms in total. The molecule has 0 saturated carbocycles. The van der Waals surface area contributed by atoms with E-state index in [0.29, 0.717) is 5.75 Å². The fraction of sp³-hybridized carbons (Fsp3) is 0.500. The average Bonchev–Trinajstić information content (AvgIpc) is 2.15. The maximum Gasteiger partial charge on any atom is 0.126 e. The summed E-state index contributed by atoms with van der Waals surface area (Å²) in [5.41, 5.74) is 6.86. The first-order valence-electron chi connectivity index (χ1n) is 4.95. The van der Waals surface area contributed by atoms with E-state index in [4.69, 9.17) is 10.5 Å². The zero-order valence-corrected chi connectivity index (χ0v) is 9.67. The molecular weight excluding hydrogens is 193 g/mol. The van der Waals surface area contributed by atoms with Crippen LogP contribution in [0.15, 0.2) is 18.2 Å². The van der Waals surface area contributed by atoms with Crippen molar-refractivity contribution in [2.45, 2.75) is 26.8 Å². The molecule has 1 aromatic carbocycles. The molecule has 2 N–H and O–H groups in total. The van der Waals surface area contributed by atoms with Crippen molar-refractivity contribution >= 4 is 0 Å². The Kier molecular flexibility index (Phi) is 3.35. The molecule has 0 unspecified atom stereocenters. The van der Waals surface area contributed by atoms with Gasteiger partial charge in [0.25, 0.3) is 0 Å². The Balaban J connectivity index is 3.14. The molecule has 1 atom stereocenters. The van der Waals surface area contributed by atoms with E-state index in [1.54, 1.807) is 6.07 Å².